The molecule has 1 aromatic heterocycles. The summed E-state index contributed by atoms with van der Waals surface area (Å²) in [6.07, 6.45) is 0. The lowest BCUT2D eigenvalue weighted by atomic mass is 10.1. The van der Waals surface area contributed by atoms with Gasteiger partial charge in [0.15, 0.2) is 0 Å². The second kappa shape index (κ2) is 3.67. The first-order chi connectivity index (χ1) is 8.24. The van der Waals surface area contributed by atoms with Crippen molar-refractivity contribution in [3.05, 3.63) is 54.1 Å². The van der Waals surface area contributed by atoms with Crippen LogP contribution in [0.4, 0.5) is 5.69 Å². The highest BCUT2D eigenvalue weighted by Crippen LogP contribution is 2.28. The maximum atomic E-state index is 6.02. The van der Waals surface area contributed by atoms with Crippen LogP contribution in [0.25, 0.3) is 22.2 Å². The molecular weight excluding hydrogens is 208 g/mol. The van der Waals surface area contributed by atoms with Crippen molar-refractivity contribution in [2.24, 2.45) is 0 Å². The van der Waals surface area contributed by atoms with Crippen LogP contribution in [0.5, 0.6) is 0 Å². The van der Waals surface area contributed by atoms with Gasteiger partial charge in [-0.05, 0) is 36.2 Å². The fourth-order valence-electron chi connectivity index (χ4n) is 2.20. The second-order valence-corrected chi connectivity index (χ2v) is 4.37. The summed E-state index contributed by atoms with van der Waals surface area (Å²) in [5.41, 5.74) is 11.3. The number of aromatic amines is 1. The zero-order valence-corrected chi connectivity index (χ0v) is 9.70. The molecule has 0 saturated heterocycles. The van der Waals surface area contributed by atoms with E-state index in [0.29, 0.717) is 0 Å². The highest BCUT2D eigenvalue weighted by atomic mass is 14.7. The van der Waals surface area contributed by atoms with Crippen molar-refractivity contribution in [1.29, 1.82) is 0 Å². The molecule has 0 aliphatic carbocycles. The molecule has 17 heavy (non-hydrogen) atoms. The van der Waals surface area contributed by atoms with E-state index >= 15 is 0 Å². The van der Waals surface area contributed by atoms with Crippen LogP contribution in [0, 0.1) is 6.92 Å². The topological polar surface area (TPSA) is 41.8 Å². The number of rotatable bonds is 1. The fraction of sp³-hybridized carbons (Fsp3) is 0.0667. The van der Waals surface area contributed by atoms with Crippen molar-refractivity contribution in [1.82, 2.24) is 4.98 Å². The Morgan fingerprint density at radius 1 is 1.00 bits per heavy atom. The van der Waals surface area contributed by atoms with Gasteiger partial charge >= 0.3 is 0 Å². The Labute approximate surface area is 100 Å². The van der Waals surface area contributed by atoms with Crippen LogP contribution in [0.1, 0.15) is 5.56 Å². The van der Waals surface area contributed by atoms with Gasteiger partial charge in [0.25, 0.3) is 0 Å². The number of aromatic nitrogens is 1. The smallest absolute Gasteiger partial charge is 0.0692 e. The largest absolute Gasteiger partial charge is 0.397 e. The molecule has 3 aromatic rings. The molecule has 0 radical (unpaired) electrons. The third-order valence-electron chi connectivity index (χ3n) is 2.99. The molecule has 0 fully saturated rings. The quantitative estimate of drug-likeness (QED) is 0.605. The van der Waals surface area contributed by atoms with Crippen molar-refractivity contribution in [2.45, 2.75) is 6.92 Å². The zero-order chi connectivity index (χ0) is 11.8. The van der Waals surface area contributed by atoms with Crippen LogP contribution in [0.2, 0.25) is 0 Å². The summed E-state index contributed by atoms with van der Waals surface area (Å²) in [7, 11) is 0. The van der Waals surface area contributed by atoms with Crippen molar-refractivity contribution in [3.8, 4) is 11.3 Å². The van der Waals surface area contributed by atoms with E-state index in [0.717, 1.165) is 16.9 Å². The summed E-state index contributed by atoms with van der Waals surface area (Å²) in [4.78, 5) is 3.38. The number of fused-ring (bicyclic) bond motifs is 1. The number of aryl methyl sites for hydroxylation is 1. The summed E-state index contributed by atoms with van der Waals surface area (Å²) >= 11 is 0. The van der Waals surface area contributed by atoms with Crippen molar-refractivity contribution < 1.29 is 0 Å². The molecule has 0 amide bonds. The molecule has 2 aromatic carbocycles. The number of benzene rings is 2. The minimum absolute atomic E-state index is 0.808. The lowest BCUT2D eigenvalue weighted by molar-refractivity contribution is 1.44. The molecule has 1 heterocycles. The SMILES string of the molecule is Cc1cc(N)c2[nH]c(-c3ccccc3)cc2c1. The van der Waals surface area contributed by atoms with Crippen molar-refractivity contribution in [2.75, 3.05) is 5.73 Å². The number of nitrogens with two attached hydrogens (primary N) is 1. The van der Waals surface area contributed by atoms with E-state index in [1.165, 1.54) is 16.5 Å². The lowest BCUT2D eigenvalue weighted by Gasteiger charge is -1.98. The summed E-state index contributed by atoms with van der Waals surface area (Å²) in [5, 5.41) is 1.17. The predicted octanol–water partition coefficient (Wildman–Crippen LogP) is 3.73. The average molecular weight is 222 g/mol. The van der Waals surface area contributed by atoms with Crippen LogP contribution < -0.4 is 5.73 Å². The Bertz CT molecular complexity index is 666. The molecule has 3 rings (SSSR count). The first-order valence-corrected chi connectivity index (χ1v) is 5.68. The molecule has 2 nitrogen and oxygen atoms in total. The van der Waals surface area contributed by atoms with E-state index in [2.05, 4.69) is 36.2 Å². The van der Waals surface area contributed by atoms with Gasteiger partial charge in [-0.2, -0.15) is 0 Å². The molecule has 0 unspecified atom stereocenters. The van der Waals surface area contributed by atoms with Crippen LogP contribution in [0.15, 0.2) is 48.5 Å². The summed E-state index contributed by atoms with van der Waals surface area (Å²) < 4.78 is 0. The molecule has 3 N–H and O–H groups in total. The monoisotopic (exact) mass is 222 g/mol. The van der Waals surface area contributed by atoms with Gasteiger partial charge in [0.2, 0.25) is 0 Å². The predicted molar refractivity (Wildman–Crippen MR) is 72.9 cm³/mol. The van der Waals surface area contributed by atoms with E-state index < -0.39 is 0 Å². The van der Waals surface area contributed by atoms with Crippen molar-refractivity contribution >= 4 is 16.6 Å². The minimum Gasteiger partial charge on any atom is -0.397 e. The molecule has 0 spiro atoms. The number of hydrogen-bond donors (Lipinski definition) is 2. The summed E-state index contributed by atoms with van der Waals surface area (Å²) in [6.45, 7) is 2.06. The van der Waals surface area contributed by atoms with Crippen LogP contribution in [0.3, 0.4) is 0 Å². The van der Waals surface area contributed by atoms with Gasteiger partial charge in [0.05, 0.1) is 11.2 Å². The standard InChI is InChI=1S/C15H14N2/c1-10-7-12-9-14(11-5-3-2-4-6-11)17-15(12)13(16)8-10/h2-9,17H,16H2,1H3. The second-order valence-electron chi connectivity index (χ2n) is 4.37. The molecule has 0 bridgehead atoms. The molecule has 0 saturated carbocycles. The Balaban J connectivity index is 2.24. The zero-order valence-electron chi connectivity index (χ0n) is 9.70. The number of nitrogens with one attached hydrogen (secondary N) is 1. The van der Waals surface area contributed by atoms with E-state index in [1.54, 1.807) is 0 Å². The maximum Gasteiger partial charge on any atom is 0.0692 e. The fourth-order valence-corrected chi connectivity index (χ4v) is 2.20. The van der Waals surface area contributed by atoms with Gasteiger partial charge in [-0.1, -0.05) is 30.3 Å². The average Bonchev–Trinajstić information content (AvgIpc) is 2.74. The van der Waals surface area contributed by atoms with E-state index in [-0.39, 0.29) is 0 Å². The van der Waals surface area contributed by atoms with E-state index in [9.17, 15) is 0 Å². The van der Waals surface area contributed by atoms with Gasteiger partial charge < -0.3 is 10.7 Å². The Hall–Kier alpha value is -2.22. The van der Waals surface area contributed by atoms with Crippen LogP contribution in [-0.4, -0.2) is 4.98 Å². The Kier molecular flexibility index (Phi) is 2.15. The normalized spacial score (nSPS) is 10.9. The molecule has 0 aliphatic rings. The van der Waals surface area contributed by atoms with Gasteiger partial charge in [0.1, 0.15) is 0 Å². The highest BCUT2D eigenvalue weighted by molar-refractivity contribution is 5.94. The molecule has 2 heteroatoms. The Morgan fingerprint density at radius 2 is 1.76 bits per heavy atom. The number of anilines is 1. The first kappa shape index (κ1) is 9.97. The Morgan fingerprint density at radius 3 is 2.53 bits per heavy atom. The molecule has 0 aliphatic heterocycles. The number of hydrogen-bond acceptors (Lipinski definition) is 1. The van der Waals surface area contributed by atoms with E-state index in [1.807, 2.05) is 24.3 Å². The third-order valence-corrected chi connectivity index (χ3v) is 2.99. The van der Waals surface area contributed by atoms with E-state index in [4.69, 9.17) is 5.73 Å². The minimum atomic E-state index is 0.808. The van der Waals surface area contributed by atoms with Gasteiger partial charge in [-0.3, -0.25) is 0 Å². The van der Waals surface area contributed by atoms with Crippen LogP contribution in [-0.2, 0) is 0 Å². The molecular formula is C15H14N2. The lowest BCUT2D eigenvalue weighted by Crippen LogP contribution is -1.87. The molecule has 84 valence electrons. The first-order valence-electron chi connectivity index (χ1n) is 5.68. The summed E-state index contributed by atoms with van der Waals surface area (Å²) in [5.74, 6) is 0. The van der Waals surface area contributed by atoms with Gasteiger partial charge in [-0.25, -0.2) is 0 Å². The summed E-state index contributed by atoms with van der Waals surface area (Å²) in [6, 6.07) is 16.6. The van der Waals surface area contributed by atoms with Crippen LogP contribution >= 0.6 is 0 Å². The highest BCUT2D eigenvalue weighted by Gasteiger charge is 2.05. The molecule has 0 atom stereocenters. The van der Waals surface area contributed by atoms with Crippen molar-refractivity contribution in [3.63, 3.8) is 0 Å². The number of H-pyrrole nitrogens is 1. The van der Waals surface area contributed by atoms with Gasteiger partial charge in [-0.15, -0.1) is 0 Å². The van der Waals surface area contributed by atoms with Gasteiger partial charge in [0, 0.05) is 11.1 Å². The number of nitrogen functional groups attached to an aromatic ring is 1. The third kappa shape index (κ3) is 1.68. The maximum absolute atomic E-state index is 6.02.